The van der Waals surface area contributed by atoms with Gasteiger partial charge in [-0.05, 0) is 37.3 Å². The van der Waals surface area contributed by atoms with Gasteiger partial charge in [-0.2, -0.15) is 5.10 Å². The molecular weight excluding hydrogens is 431 g/mol. The number of carbonyl (C=O) groups excluding carboxylic acids is 1. The number of nitrogens with one attached hydrogen (secondary N) is 1. The Labute approximate surface area is 187 Å². The van der Waals surface area contributed by atoms with Crippen LogP contribution in [0.4, 0.5) is 15.9 Å². The monoisotopic (exact) mass is 450 g/mol. The lowest BCUT2D eigenvalue weighted by molar-refractivity contribution is -0.384. The predicted octanol–water partition coefficient (Wildman–Crippen LogP) is 4.71. The van der Waals surface area contributed by atoms with Crippen molar-refractivity contribution >= 4 is 17.4 Å². The highest BCUT2D eigenvalue weighted by atomic mass is 19.1. The number of nitro benzene ring substituents is 1. The van der Waals surface area contributed by atoms with Gasteiger partial charge in [-0.1, -0.05) is 18.2 Å². The summed E-state index contributed by atoms with van der Waals surface area (Å²) >= 11 is 0. The van der Waals surface area contributed by atoms with Crippen LogP contribution >= 0.6 is 0 Å². The first-order chi connectivity index (χ1) is 15.9. The second kappa shape index (κ2) is 9.35. The van der Waals surface area contributed by atoms with Crippen molar-refractivity contribution in [1.29, 1.82) is 0 Å². The van der Waals surface area contributed by atoms with E-state index in [-0.39, 0.29) is 30.4 Å². The number of nitrogens with zero attached hydrogens (tertiary/aromatic N) is 3. The number of hydrogen-bond donors (Lipinski definition) is 1. The summed E-state index contributed by atoms with van der Waals surface area (Å²) in [6, 6.07) is 16.9. The summed E-state index contributed by atoms with van der Waals surface area (Å²) < 4.78 is 26.6. The molecule has 10 heteroatoms. The average Bonchev–Trinajstić information content (AvgIpc) is 3.41. The van der Waals surface area contributed by atoms with E-state index in [4.69, 9.17) is 9.15 Å². The van der Waals surface area contributed by atoms with E-state index < -0.39 is 10.8 Å². The van der Waals surface area contributed by atoms with Crippen LogP contribution in [0.15, 0.2) is 71.1 Å². The van der Waals surface area contributed by atoms with Crippen LogP contribution in [0.5, 0.6) is 5.75 Å². The molecular formula is C23H19FN4O5. The minimum atomic E-state index is -0.494. The number of non-ortho nitro benzene ring substituents is 1. The minimum Gasteiger partial charge on any atom is -0.486 e. The van der Waals surface area contributed by atoms with Gasteiger partial charge in [0.15, 0.2) is 11.6 Å². The third-order valence-electron chi connectivity index (χ3n) is 4.81. The van der Waals surface area contributed by atoms with Gasteiger partial charge in [0.1, 0.15) is 23.9 Å². The van der Waals surface area contributed by atoms with Crippen LogP contribution in [0.25, 0.3) is 0 Å². The lowest BCUT2D eigenvalue weighted by atomic mass is 10.2. The number of halogens is 1. The van der Waals surface area contributed by atoms with E-state index in [2.05, 4.69) is 10.4 Å². The summed E-state index contributed by atoms with van der Waals surface area (Å²) in [5.74, 6) is 0.398. The van der Waals surface area contributed by atoms with Crippen molar-refractivity contribution < 1.29 is 23.3 Å². The van der Waals surface area contributed by atoms with Crippen LogP contribution < -0.4 is 10.1 Å². The summed E-state index contributed by atoms with van der Waals surface area (Å²) in [5, 5.41) is 17.7. The summed E-state index contributed by atoms with van der Waals surface area (Å²) in [6.07, 6.45) is 0. The smallest absolute Gasteiger partial charge is 0.292 e. The summed E-state index contributed by atoms with van der Waals surface area (Å²) in [5.41, 5.74) is 1.21. The Kier molecular flexibility index (Phi) is 6.16. The molecule has 0 bridgehead atoms. The number of furan rings is 1. The largest absolute Gasteiger partial charge is 0.486 e. The fourth-order valence-electron chi connectivity index (χ4n) is 3.09. The minimum absolute atomic E-state index is 0.0362. The zero-order valence-corrected chi connectivity index (χ0v) is 17.5. The van der Waals surface area contributed by atoms with Crippen molar-refractivity contribution in [2.75, 3.05) is 5.32 Å². The molecule has 2 aromatic heterocycles. The van der Waals surface area contributed by atoms with E-state index in [0.717, 1.165) is 5.69 Å². The second-order valence-corrected chi connectivity index (χ2v) is 7.18. The van der Waals surface area contributed by atoms with Crippen LogP contribution in [-0.2, 0) is 13.2 Å². The number of aryl methyl sites for hydroxylation is 1. The number of aromatic nitrogens is 2. The fourth-order valence-corrected chi connectivity index (χ4v) is 3.09. The highest BCUT2D eigenvalue weighted by molar-refractivity contribution is 6.01. The molecule has 1 N–H and O–H groups in total. The highest BCUT2D eigenvalue weighted by Crippen LogP contribution is 2.20. The number of rotatable bonds is 8. The van der Waals surface area contributed by atoms with Crippen LogP contribution in [0.2, 0.25) is 0 Å². The Hall–Kier alpha value is -4.47. The van der Waals surface area contributed by atoms with Crippen molar-refractivity contribution in [2.45, 2.75) is 20.1 Å². The fraction of sp³-hybridized carbons (Fsp3) is 0.130. The first-order valence-electron chi connectivity index (χ1n) is 9.94. The molecule has 0 unspecified atom stereocenters. The molecule has 0 fully saturated rings. The number of ether oxygens (including phenoxy) is 1. The molecule has 0 aliphatic carbocycles. The van der Waals surface area contributed by atoms with Crippen LogP contribution in [-0.4, -0.2) is 20.6 Å². The van der Waals surface area contributed by atoms with E-state index in [1.807, 2.05) is 6.92 Å². The zero-order valence-electron chi connectivity index (χ0n) is 17.5. The van der Waals surface area contributed by atoms with Crippen LogP contribution in [0.1, 0.15) is 27.6 Å². The molecule has 168 valence electrons. The first-order valence-corrected chi connectivity index (χ1v) is 9.94. The highest BCUT2D eigenvalue weighted by Gasteiger charge is 2.15. The van der Waals surface area contributed by atoms with Crippen molar-refractivity contribution in [1.82, 2.24) is 9.78 Å². The van der Waals surface area contributed by atoms with E-state index in [1.54, 1.807) is 35.0 Å². The second-order valence-electron chi connectivity index (χ2n) is 7.18. The van der Waals surface area contributed by atoms with Crippen LogP contribution in [0, 0.1) is 22.9 Å². The van der Waals surface area contributed by atoms with E-state index in [0.29, 0.717) is 22.9 Å². The van der Waals surface area contributed by atoms with Crippen molar-refractivity contribution in [3.63, 3.8) is 0 Å². The summed E-state index contributed by atoms with van der Waals surface area (Å²) in [7, 11) is 0. The summed E-state index contributed by atoms with van der Waals surface area (Å²) in [6.45, 7) is 2.09. The maximum absolute atomic E-state index is 13.9. The van der Waals surface area contributed by atoms with E-state index >= 15 is 0 Å². The Bertz CT molecular complexity index is 1300. The van der Waals surface area contributed by atoms with Crippen molar-refractivity contribution in [3.8, 4) is 5.75 Å². The standard InChI is InChI=1S/C23H19FN4O5/c1-15-12-22(26-27(15)13-16-4-2-3-5-20(16)24)25-23(29)21-11-10-19(33-21)14-32-18-8-6-17(7-9-18)28(30)31/h2-12H,13-14H2,1H3,(H,25,26,29). The third-order valence-corrected chi connectivity index (χ3v) is 4.81. The quantitative estimate of drug-likeness (QED) is 0.307. The molecule has 0 aliphatic heterocycles. The van der Waals surface area contributed by atoms with Gasteiger partial charge < -0.3 is 14.5 Å². The number of hydrogen-bond acceptors (Lipinski definition) is 6. The van der Waals surface area contributed by atoms with Gasteiger partial charge in [0.2, 0.25) is 0 Å². The van der Waals surface area contributed by atoms with E-state index in [1.165, 1.54) is 36.4 Å². The Morgan fingerprint density at radius 3 is 2.67 bits per heavy atom. The molecule has 4 rings (SSSR count). The maximum atomic E-state index is 13.9. The number of nitro groups is 1. The van der Waals surface area contributed by atoms with Crippen molar-refractivity contribution in [3.05, 3.63) is 105 Å². The topological polar surface area (TPSA) is 112 Å². The molecule has 0 spiro atoms. The molecule has 33 heavy (non-hydrogen) atoms. The predicted molar refractivity (Wildman–Crippen MR) is 117 cm³/mol. The number of carbonyl (C=O) groups is 1. The van der Waals surface area contributed by atoms with Gasteiger partial charge in [0.25, 0.3) is 11.6 Å². The molecule has 2 heterocycles. The van der Waals surface area contributed by atoms with Gasteiger partial charge >= 0.3 is 0 Å². The Morgan fingerprint density at radius 1 is 1.18 bits per heavy atom. The molecule has 0 radical (unpaired) electrons. The van der Waals surface area contributed by atoms with Gasteiger partial charge in [0, 0.05) is 29.5 Å². The Morgan fingerprint density at radius 2 is 1.94 bits per heavy atom. The molecule has 0 saturated heterocycles. The van der Waals surface area contributed by atoms with Gasteiger partial charge in [-0.25, -0.2) is 4.39 Å². The zero-order chi connectivity index (χ0) is 23.4. The normalized spacial score (nSPS) is 10.7. The van der Waals surface area contributed by atoms with Crippen molar-refractivity contribution in [2.24, 2.45) is 0 Å². The number of amides is 1. The van der Waals surface area contributed by atoms with Crippen LogP contribution in [0.3, 0.4) is 0 Å². The molecule has 0 saturated carbocycles. The third kappa shape index (κ3) is 5.24. The lowest BCUT2D eigenvalue weighted by Gasteiger charge is -2.05. The molecule has 1 amide bonds. The van der Waals surface area contributed by atoms with E-state index in [9.17, 15) is 19.3 Å². The maximum Gasteiger partial charge on any atom is 0.292 e. The van der Waals surface area contributed by atoms with Gasteiger partial charge in [-0.3, -0.25) is 19.6 Å². The molecule has 0 aliphatic rings. The Balaban J connectivity index is 1.36. The molecule has 0 atom stereocenters. The molecule has 2 aromatic carbocycles. The number of anilines is 1. The average molecular weight is 450 g/mol. The van der Waals surface area contributed by atoms with Gasteiger partial charge in [0.05, 0.1) is 11.5 Å². The summed E-state index contributed by atoms with van der Waals surface area (Å²) in [4.78, 5) is 22.7. The molecule has 9 nitrogen and oxygen atoms in total. The first kappa shape index (κ1) is 21.8. The molecule has 4 aromatic rings. The SMILES string of the molecule is Cc1cc(NC(=O)c2ccc(COc3ccc([N+](=O)[O-])cc3)o2)nn1Cc1ccccc1F. The lowest BCUT2D eigenvalue weighted by Crippen LogP contribution is -2.12. The number of benzene rings is 2. The van der Waals surface area contributed by atoms with Gasteiger partial charge in [-0.15, -0.1) is 0 Å².